The molecule has 0 saturated carbocycles. The molecule has 0 aliphatic carbocycles. The third-order valence-corrected chi connectivity index (χ3v) is 3.36. The highest BCUT2D eigenvalue weighted by molar-refractivity contribution is 5.31. The van der Waals surface area contributed by atoms with Crippen molar-refractivity contribution in [2.75, 3.05) is 7.11 Å². The number of rotatable bonds is 2. The third-order valence-electron chi connectivity index (χ3n) is 3.36. The van der Waals surface area contributed by atoms with E-state index in [9.17, 15) is 0 Å². The Morgan fingerprint density at radius 3 is 2.88 bits per heavy atom. The lowest BCUT2D eigenvalue weighted by molar-refractivity contribution is 0.245. The van der Waals surface area contributed by atoms with Gasteiger partial charge in [-0.3, -0.25) is 0 Å². The molecule has 16 heavy (non-hydrogen) atoms. The largest absolute Gasteiger partial charge is 0.497 e. The van der Waals surface area contributed by atoms with E-state index in [2.05, 4.69) is 37.4 Å². The van der Waals surface area contributed by atoms with Crippen LogP contribution in [0.3, 0.4) is 0 Å². The first kappa shape index (κ1) is 11.5. The Bertz CT molecular complexity index is 360. The lowest BCUT2D eigenvalue weighted by atomic mass is 9.86. The van der Waals surface area contributed by atoms with Crippen LogP contribution in [0.1, 0.15) is 44.7 Å². The van der Waals surface area contributed by atoms with E-state index in [4.69, 9.17) is 4.74 Å². The minimum atomic E-state index is 0.256. The van der Waals surface area contributed by atoms with Gasteiger partial charge in [-0.2, -0.15) is 0 Å². The first-order valence-electron chi connectivity index (χ1n) is 6.02. The molecule has 0 aromatic heterocycles. The maximum absolute atomic E-state index is 5.27. The number of ether oxygens (including phenoxy) is 1. The molecule has 1 aromatic rings. The van der Waals surface area contributed by atoms with Crippen molar-refractivity contribution in [2.45, 2.75) is 44.7 Å². The second-order valence-corrected chi connectivity index (χ2v) is 5.25. The molecule has 1 heterocycles. The van der Waals surface area contributed by atoms with Crippen LogP contribution in [0.15, 0.2) is 24.3 Å². The van der Waals surface area contributed by atoms with Crippen molar-refractivity contribution in [3.63, 3.8) is 0 Å². The molecular formula is C14H21NO. The molecule has 1 aliphatic heterocycles. The lowest BCUT2D eigenvalue weighted by Crippen LogP contribution is -2.44. The van der Waals surface area contributed by atoms with Crippen molar-refractivity contribution >= 4 is 0 Å². The van der Waals surface area contributed by atoms with Gasteiger partial charge in [0.1, 0.15) is 5.75 Å². The van der Waals surface area contributed by atoms with Gasteiger partial charge in [0, 0.05) is 11.6 Å². The summed E-state index contributed by atoms with van der Waals surface area (Å²) in [6, 6.07) is 8.86. The minimum Gasteiger partial charge on any atom is -0.497 e. The van der Waals surface area contributed by atoms with Crippen LogP contribution in [0.4, 0.5) is 0 Å². The molecule has 1 N–H and O–H groups in total. The Morgan fingerprint density at radius 1 is 1.38 bits per heavy atom. The van der Waals surface area contributed by atoms with Gasteiger partial charge in [-0.15, -0.1) is 0 Å². The van der Waals surface area contributed by atoms with Crippen LogP contribution in [0, 0.1) is 0 Å². The molecule has 88 valence electrons. The Labute approximate surface area is 98.0 Å². The summed E-state index contributed by atoms with van der Waals surface area (Å²) in [6.07, 6.45) is 3.77. The topological polar surface area (TPSA) is 21.3 Å². The van der Waals surface area contributed by atoms with E-state index in [0.29, 0.717) is 6.04 Å². The number of benzene rings is 1. The van der Waals surface area contributed by atoms with Gasteiger partial charge in [0.05, 0.1) is 7.11 Å². The van der Waals surface area contributed by atoms with Crippen LogP contribution >= 0.6 is 0 Å². The maximum atomic E-state index is 5.27. The molecule has 2 nitrogen and oxygen atoms in total. The quantitative estimate of drug-likeness (QED) is 0.824. The summed E-state index contributed by atoms with van der Waals surface area (Å²) in [6.45, 7) is 4.55. The first-order chi connectivity index (χ1) is 7.61. The van der Waals surface area contributed by atoms with Crippen LogP contribution in [-0.4, -0.2) is 12.6 Å². The average Bonchev–Trinajstić information content (AvgIpc) is 2.28. The standard InChI is InChI=1S/C14H21NO/c1-14(2)9-5-8-13(15-14)11-6-4-7-12(10-11)16-3/h4,6-7,10,13,15H,5,8-9H2,1-3H3. The van der Waals surface area contributed by atoms with Crippen molar-refractivity contribution < 1.29 is 4.74 Å². The molecule has 1 aromatic carbocycles. The van der Waals surface area contributed by atoms with Crippen LogP contribution in [0.5, 0.6) is 5.75 Å². The normalized spacial score (nSPS) is 24.1. The van der Waals surface area contributed by atoms with Crippen molar-refractivity contribution in [3.05, 3.63) is 29.8 Å². The predicted octanol–water partition coefficient (Wildman–Crippen LogP) is 3.29. The summed E-state index contributed by atoms with van der Waals surface area (Å²) in [5.74, 6) is 0.947. The zero-order valence-corrected chi connectivity index (χ0v) is 10.4. The SMILES string of the molecule is COc1cccc(C2CCCC(C)(C)N2)c1. The fourth-order valence-corrected chi connectivity index (χ4v) is 2.47. The van der Waals surface area contributed by atoms with Crippen LogP contribution in [0.25, 0.3) is 0 Å². The number of piperidine rings is 1. The van der Waals surface area contributed by atoms with Gasteiger partial charge in [-0.1, -0.05) is 12.1 Å². The van der Waals surface area contributed by atoms with Gasteiger partial charge < -0.3 is 10.1 Å². The van der Waals surface area contributed by atoms with Gasteiger partial charge in [0.15, 0.2) is 0 Å². The second kappa shape index (κ2) is 4.46. The van der Waals surface area contributed by atoms with Crippen molar-refractivity contribution in [3.8, 4) is 5.75 Å². The van der Waals surface area contributed by atoms with Crippen molar-refractivity contribution in [2.24, 2.45) is 0 Å². The Kier molecular flexibility index (Phi) is 3.20. The fourth-order valence-electron chi connectivity index (χ4n) is 2.47. The molecule has 1 fully saturated rings. The predicted molar refractivity (Wildman–Crippen MR) is 66.8 cm³/mol. The molecule has 0 spiro atoms. The van der Waals surface area contributed by atoms with E-state index in [1.807, 2.05) is 6.07 Å². The average molecular weight is 219 g/mol. The monoisotopic (exact) mass is 219 g/mol. The molecule has 0 bridgehead atoms. The van der Waals surface area contributed by atoms with Gasteiger partial charge >= 0.3 is 0 Å². The molecule has 0 radical (unpaired) electrons. The summed E-state index contributed by atoms with van der Waals surface area (Å²) < 4.78 is 5.27. The number of hydrogen-bond donors (Lipinski definition) is 1. The Balaban J connectivity index is 2.16. The van der Waals surface area contributed by atoms with Gasteiger partial charge in [-0.25, -0.2) is 0 Å². The van der Waals surface area contributed by atoms with E-state index in [-0.39, 0.29) is 5.54 Å². The van der Waals surface area contributed by atoms with E-state index < -0.39 is 0 Å². The summed E-state index contributed by atoms with van der Waals surface area (Å²) in [5, 5.41) is 3.70. The zero-order chi connectivity index (χ0) is 11.6. The highest BCUT2D eigenvalue weighted by Gasteiger charge is 2.27. The summed E-state index contributed by atoms with van der Waals surface area (Å²) in [7, 11) is 1.72. The molecule has 1 aliphatic rings. The zero-order valence-electron chi connectivity index (χ0n) is 10.4. The van der Waals surface area contributed by atoms with Crippen molar-refractivity contribution in [1.29, 1.82) is 0 Å². The number of nitrogens with one attached hydrogen (secondary N) is 1. The number of hydrogen-bond acceptors (Lipinski definition) is 2. The Hall–Kier alpha value is -1.02. The highest BCUT2D eigenvalue weighted by atomic mass is 16.5. The summed E-state index contributed by atoms with van der Waals surface area (Å²) >= 11 is 0. The van der Waals surface area contributed by atoms with E-state index in [0.717, 1.165) is 5.75 Å². The van der Waals surface area contributed by atoms with Crippen molar-refractivity contribution in [1.82, 2.24) is 5.32 Å². The van der Waals surface area contributed by atoms with E-state index in [1.54, 1.807) is 7.11 Å². The second-order valence-electron chi connectivity index (χ2n) is 5.25. The Morgan fingerprint density at radius 2 is 2.19 bits per heavy atom. The van der Waals surface area contributed by atoms with Crippen LogP contribution in [-0.2, 0) is 0 Å². The smallest absolute Gasteiger partial charge is 0.119 e. The molecule has 1 saturated heterocycles. The highest BCUT2D eigenvalue weighted by Crippen LogP contribution is 2.31. The maximum Gasteiger partial charge on any atom is 0.119 e. The molecule has 2 rings (SSSR count). The third kappa shape index (κ3) is 2.56. The first-order valence-corrected chi connectivity index (χ1v) is 6.02. The number of methoxy groups -OCH3 is 1. The molecular weight excluding hydrogens is 198 g/mol. The van der Waals surface area contributed by atoms with Crippen LogP contribution < -0.4 is 10.1 Å². The molecule has 1 unspecified atom stereocenters. The van der Waals surface area contributed by atoms with Gasteiger partial charge in [-0.05, 0) is 50.8 Å². The summed E-state index contributed by atoms with van der Waals surface area (Å²) in [4.78, 5) is 0. The van der Waals surface area contributed by atoms with Crippen LogP contribution in [0.2, 0.25) is 0 Å². The molecule has 0 amide bonds. The van der Waals surface area contributed by atoms with E-state index in [1.165, 1.54) is 24.8 Å². The minimum absolute atomic E-state index is 0.256. The van der Waals surface area contributed by atoms with Gasteiger partial charge in [0.2, 0.25) is 0 Å². The molecule has 2 heteroatoms. The lowest BCUT2D eigenvalue weighted by Gasteiger charge is -2.37. The molecule has 1 atom stereocenters. The van der Waals surface area contributed by atoms with Gasteiger partial charge in [0.25, 0.3) is 0 Å². The van der Waals surface area contributed by atoms with E-state index >= 15 is 0 Å². The fraction of sp³-hybridized carbons (Fsp3) is 0.571. The summed E-state index contributed by atoms with van der Waals surface area (Å²) in [5.41, 5.74) is 1.60.